The van der Waals surface area contributed by atoms with Crippen LogP contribution in [0.25, 0.3) is 0 Å². The van der Waals surface area contributed by atoms with Crippen LogP contribution in [0.5, 0.6) is 5.75 Å². The van der Waals surface area contributed by atoms with E-state index in [0.717, 1.165) is 10.9 Å². The van der Waals surface area contributed by atoms with E-state index in [9.17, 15) is 5.11 Å². The van der Waals surface area contributed by atoms with Crippen molar-refractivity contribution in [3.63, 3.8) is 0 Å². The summed E-state index contributed by atoms with van der Waals surface area (Å²) in [6.45, 7) is 1.93. The van der Waals surface area contributed by atoms with Crippen LogP contribution in [0.4, 0.5) is 0 Å². The summed E-state index contributed by atoms with van der Waals surface area (Å²) in [5.41, 5.74) is 1.68. The molecule has 0 amide bonds. The molecule has 0 radical (unpaired) electrons. The average Bonchev–Trinajstić information content (AvgIpc) is 2.39. The Morgan fingerprint density at radius 2 is 1.78 bits per heavy atom. The minimum absolute atomic E-state index is 0.0659. The lowest BCUT2D eigenvalue weighted by atomic mass is 10.1. The zero-order valence-electron chi connectivity index (χ0n) is 10.4. The summed E-state index contributed by atoms with van der Waals surface area (Å²) in [5.74, 6) is 0.642. The third-order valence-corrected chi connectivity index (χ3v) is 3.64. The van der Waals surface area contributed by atoms with Crippen LogP contribution in [-0.2, 0) is 0 Å². The highest BCUT2D eigenvalue weighted by Crippen LogP contribution is 2.23. The Morgan fingerprint density at radius 3 is 2.44 bits per heavy atom. The van der Waals surface area contributed by atoms with Crippen LogP contribution in [0, 0.1) is 6.92 Å². The maximum atomic E-state index is 12.3. The van der Waals surface area contributed by atoms with Crippen molar-refractivity contribution in [2.24, 2.45) is 0 Å². The summed E-state index contributed by atoms with van der Waals surface area (Å²) in [6, 6.07) is 15.4. The lowest BCUT2D eigenvalue weighted by molar-refractivity contribution is -0.207. The van der Waals surface area contributed by atoms with Gasteiger partial charge in [0, 0.05) is 10.9 Å². The lowest BCUT2D eigenvalue weighted by Crippen LogP contribution is -2.19. The second-order valence-electron chi connectivity index (χ2n) is 3.90. The third kappa shape index (κ3) is 2.79. The zero-order chi connectivity index (χ0) is 13.0. The van der Waals surface area contributed by atoms with E-state index < -0.39 is 0 Å². The summed E-state index contributed by atoms with van der Waals surface area (Å²) < 4.78 is 5.26. The largest absolute Gasteiger partial charge is 0.823 e. The van der Waals surface area contributed by atoms with E-state index in [-0.39, 0.29) is 5.48 Å². The van der Waals surface area contributed by atoms with Gasteiger partial charge in [0.2, 0.25) is 0 Å². The van der Waals surface area contributed by atoms with Gasteiger partial charge in [-0.15, -0.1) is 5.48 Å². The van der Waals surface area contributed by atoms with Gasteiger partial charge in [0.15, 0.2) is 0 Å². The maximum absolute atomic E-state index is 12.3. The van der Waals surface area contributed by atoms with E-state index in [4.69, 9.17) is 4.74 Å². The van der Waals surface area contributed by atoms with Crippen molar-refractivity contribution in [1.82, 2.24) is 0 Å². The van der Waals surface area contributed by atoms with Crippen LogP contribution in [-0.4, -0.2) is 12.6 Å². The SMILES string of the molecule is COc1cccc(C)c1C([O-])=Pc1ccccc1. The van der Waals surface area contributed by atoms with Crippen molar-refractivity contribution in [3.8, 4) is 5.75 Å². The van der Waals surface area contributed by atoms with Crippen molar-refractivity contribution in [3.05, 3.63) is 59.7 Å². The molecule has 0 N–H and O–H groups in total. The van der Waals surface area contributed by atoms with Gasteiger partial charge in [0.05, 0.1) is 7.11 Å². The predicted molar refractivity (Wildman–Crippen MR) is 74.8 cm³/mol. The first-order chi connectivity index (χ1) is 8.72. The fourth-order valence-electron chi connectivity index (χ4n) is 1.76. The summed E-state index contributed by atoms with van der Waals surface area (Å²) in [5, 5.41) is 13.3. The Bertz CT molecular complexity index is 562. The summed E-state index contributed by atoms with van der Waals surface area (Å²) >= 11 is 0. The number of ether oxygens (including phenoxy) is 1. The Balaban J connectivity index is 2.46. The van der Waals surface area contributed by atoms with E-state index in [1.807, 2.05) is 55.5 Å². The molecule has 0 bridgehead atoms. The maximum Gasteiger partial charge on any atom is 0.125 e. The predicted octanol–water partition coefficient (Wildman–Crippen LogP) is 2.11. The molecule has 18 heavy (non-hydrogen) atoms. The van der Waals surface area contributed by atoms with E-state index in [1.165, 1.54) is 0 Å². The molecular weight excluding hydrogens is 243 g/mol. The molecule has 0 saturated heterocycles. The Morgan fingerprint density at radius 1 is 1.06 bits per heavy atom. The van der Waals surface area contributed by atoms with Gasteiger partial charge in [-0.3, -0.25) is 0 Å². The fourth-order valence-corrected chi connectivity index (χ4v) is 2.71. The van der Waals surface area contributed by atoms with Crippen LogP contribution < -0.4 is 15.1 Å². The first kappa shape index (κ1) is 12.8. The molecule has 0 aliphatic carbocycles. The van der Waals surface area contributed by atoms with Gasteiger partial charge in [0.25, 0.3) is 0 Å². The monoisotopic (exact) mass is 257 g/mol. The molecule has 0 spiro atoms. The number of hydrogen-bond acceptors (Lipinski definition) is 2. The van der Waals surface area contributed by atoms with Crippen molar-refractivity contribution in [2.45, 2.75) is 6.92 Å². The summed E-state index contributed by atoms with van der Waals surface area (Å²) in [4.78, 5) is 0. The van der Waals surface area contributed by atoms with Crippen LogP contribution in [0.3, 0.4) is 0 Å². The van der Waals surface area contributed by atoms with Crippen molar-refractivity contribution in [2.75, 3.05) is 7.11 Å². The highest BCUT2D eigenvalue weighted by molar-refractivity contribution is 7.49. The quantitative estimate of drug-likeness (QED) is 0.789. The van der Waals surface area contributed by atoms with Gasteiger partial charge in [-0.25, -0.2) is 0 Å². The average molecular weight is 257 g/mol. The molecule has 2 nitrogen and oxygen atoms in total. The first-order valence-electron chi connectivity index (χ1n) is 5.67. The van der Waals surface area contributed by atoms with Crippen molar-refractivity contribution < 1.29 is 9.84 Å². The molecule has 0 unspecified atom stereocenters. The van der Waals surface area contributed by atoms with E-state index in [1.54, 1.807) is 7.11 Å². The van der Waals surface area contributed by atoms with E-state index in [2.05, 4.69) is 0 Å². The molecule has 2 aromatic rings. The van der Waals surface area contributed by atoms with Crippen molar-refractivity contribution in [1.29, 1.82) is 0 Å². The number of benzene rings is 2. The number of hydrogen-bond donors (Lipinski definition) is 0. The van der Waals surface area contributed by atoms with E-state index in [0.29, 0.717) is 19.5 Å². The smallest absolute Gasteiger partial charge is 0.125 e. The van der Waals surface area contributed by atoms with Gasteiger partial charge in [-0.1, -0.05) is 50.7 Å². The van der Waals surface area contributed by atoms with Gasteiger partial charge in [-0.2, -0.15) is 0 Å². The molecule has 92 valence electrons. The molecule has 0 heterocycles. The molecule has 0 saturated carbocycles. The van der Waals surface area contributed by atoms with Crippen LogP contribution in [0.15, 0.2) is 48.5 Å². The molecule has 0 fully saturated rings. The van der Waals surface area contributed by atoms with Crippen LogP contribution in [0.1, 0.15) is 11.1 Å². The first-order valence-corrected chi connectivity index (χ1v) is 6.56. The minimum atomic E-state index is 0.0659. The topological polar surface area (TPSA) is 32.3 Å². The minimum Gasteiger partial charge on any atom is -0.823 e. The Kier molecular flexibility index (Phi) is 4.14. The molecule has 0 atom stereocenters. The molecule has 0 aliphatic heterocycles. The van der Waals surface area contributed by atoms with Gasteiger partial charge >= 0.3 is 0 Å². The zero-order valence-corrected chi connectivity index (χ0v) is 11.3. The number of aryl methyl sites for hydroxylation is 1. The van der Waals surface area contributed by atoms with Crippen molar-refractivity contribution >= 4 is 19.0 Å². The van der Waals surface area contributed by atoms with Gasteiger partial charge in [-0.05, 0) is 18.6 Å². The molecular formula is C15H14O2P-. The Labute approximate surface area is 109 Å². The number of rotatable bonds is 3. The van der Waals surface area contributed by atoms with Crippen LogP contribution >= 0.6 is 8.20 Å². The highest BCUT2D eigenvalue weighted by atomic mass is 31.1. The second kappa shape index (κ2) is 5.81. The summed E-state index contributed by atoms with van der Waals surface area (Å²) in [6.07, 6.45) is 0. The fraction of sp³-hybridized carbons (Fsp3) is 0.133. The molecule has 0 aliphatic rings. The highest BCUT2D eigenvalue weighted by Gasteiger charge is 2.04. The molecule has 0 aromatic heterocycles. The standard InChI is InChI=1S/C15H15O2P/c1-11-7-6-10-13(17-2)14(11)15(16)18-12-8-4-3-5-9-12/h3-10,16H,1-2H3/p-1. The molecule has 2 aromatic carbocycles. The third-order valence-electron chi connectivity index (χ3n) is 2.66. The van der Waals surface area contributed by atoms with Gasteiger partial charge < -0.3 is 9.84 Å². The normalized spacial score (nSPS) is 11.4. The summed E-state index contributed by atoms with van der Waals surface area (Å²) in [7, 11) is 2.27. The molecule has 2 rings (SSSR count). The van der Waals surface area contributed by atoms with Gasteiger partial charge in [0.1, 0.15) is 5.75 Å². The van der Waals surface area contributed by atoms with Crippen LogP contribution in [0.2, 0.25) is 0 Å². The lowest BCUT2D eigenvalue weighted by Gasteiger charge is -2.18. The number of methoxy groups -OCH3 is 1. The Hall–Kier alpha value is -1.63. The molecule has 3 heteroatoms. The second-order valence-corrected chi connectivity index (χ2v) is 5.05. The van der Waals surface area contributed by atoms with E-state index >= 15 is 0 Å².